The number of ether oxygens (including phenoxy) is 2. The molecule has 4 nitrogen and oxygen atoms in total. The molecule has 0 saturated heterocycles. The van der Waals surface area contributed by atoms with Crippen LogP contribution in [0.5, 0.6) is 11.5 Å². The Balaban J connectivity index is 2.38. The Kier molecular flexibility index (Phi) is 3.53. The van der Waals surface area contributed by atoms with Crippen LogP contribution in [0.4, 0.5) is 0 Å². The fraction of sp³-hybridized carbons (Fsp3) is 0.455. The number of halogens is 1. The van der Waals surface area contributed by atoms with Crippen molar-refractivity contribution in [2.24, 2.45) is 0 Å². The number of nitrogens with one attached hydrogen (secondary N) is 1. The van der Waals surface area contributed by atoms with Gasteiger partial charge in [0.05, 0.1) is 17.7 Å². The van der Waals surface area contributed by atoms with E-state index in [0.29, 0.717) is 29.7 Å². The van der Waals surface area contributed by atoms with Crippen LogP contribution < -0.4 is 14.8 Å². The van der Waals surface area contributed by atoms with E-state index in [1.807, 2.05) is 6.07 Å². The molecule has 5 heteroatoms. The maximum Gasteiger partial charge on any atom is 0.179 e. The molecule has 1 aromatic carbocycles. The SMILES string of the molecule is CNC(CO)c1cc(Cl)c2c(c1)OCCO2. The summed E-state index contributed by atoms with van der Waals surface area (Å²) in [5.74, 6) is 1.23. The molecule has 0 aliphatic carbocycles. The Morgan fingerprint density at radius 2 is 2.19 bits per heavy atom. The van der Waals surface area contributed by atoms with Crippen LogP contribution in [0.3, 0.4) is 0 Å². The first-order valence-electron chi connectivity index (χ1n) is 5.13. The Hall–Kier alpha value is -0.970. The van der Waals surface area contributed by atoms with E-state index in [1.165, 1.54) is 0 Å². The summed E-state index contributed by atoms with van der Waals surface area (Å²) in [7, 11) is 1.78. The Morgan fingerprint density at radius 3 is 2.88 bits per heavy atom. The van der Waals surface area contributed by atoms with Crippen molar-refractivity contribution in [3.8, 4) is 11.5 Å². The molecule has 0 amide bonds. The summed E-state index contributed by atoms with van der Waals surface area (Å²) in [6.07, 6.45) is 0. The van der Waals surface area contributed by atoms with Gasteiger partial charge in [0.1, 0.15) is 13.2 Å². The fourth-order valence-electron chi connectivity index (χ4n) is 1.70. The van der Waals surface area contributed by atoms with Crippen LogP contribution in [0.15, 0.2) is 12.1 Å². The summed E-state index contributed by atoms with van der Waals surface area (Å²) in [5.41, 5.74) is 0.888. The molecule has 1 aliphatic heterocycles. The largest absolute Gasteiger partial charge is 0.486 e. The highest BCUT2D eigenvalue weighted by Crippen LogP contribution is 2.39. The predicted octanol–water partition coefficient (Wildman–Crippen LogP) is 1.36. The van der Waals surface area contributed by atoms with Crippen molar-refractivity contribution in [3.63, 3.8) is 0 Å². The van der Waals surface area contributed by atoms with Crippen molar-refractivity contribution < 1.29 is 14.6 Å². The van der Waals surface area contributed by atoms with Gasteiger partial charge in [0, 0.05) is 0 Å². The van der Waals surface area contributed by atoms with Gasteiger partial charge >= 0.3 is 0 Å². The van der Waals surface area contributed by atoms with E-state index in [1.54, 1.807) is 13.1 Å². The number of aliphatic hydroxyl groups is 1. The van der Waals surface area contributed by atoms with Crippen LogP contribution in [0, 0.1) is 0 Å². The number of rotatable bonds is 3. The number of aliphatic hydroxyl groups excluding tert-OH is 1. The lowest BCUT2D eigenvalue weighted by Crippen LogP contribution is -2.21. The molecule has 1 heterocycles. The van der Waals surface area contributed by atoms with E-state index in [4.69, 9.17) is 21.1 Å². The molecule has 2 N–H and O–H groups in total. The molecule has 88 valence electrons. The molecular weight excluding hydrogens is 230 g/mol. The number of hydrogen-bond donors (Lipinski definition) is 2. The first-order chi connectivity index (χ1) is 7.76. The predicted molar refractivity (Wildman–Crippen MR) is 61.3 cm³/mol. The van der Waals surface area contributed by atoms with Gasteiger partial charge in [-0.3, -0.25) is 0 Å². The summed E-state index contributed by atoms with van der Waals surface area (Å²) >= 11 is 6.09. The third kappa shape index (κ3) is 2.09. The minimum absolute atomic E-state index is 0.00642. The van der Waals surface area contributed by atoms with Crippen LogP contribution in [0.25, 0.3) is 0 Å². The van der Waals surface area contributed by atoms with Crippen molar-refractivity contribution >= 4 is 11.6 Å². The van der Waals surface area contributed by atoms with Gasteiger partial charge < -0.3 is 19.9 Å². The molecule has 1 unspecified atom stereocenters. The van der Waals surface area contributed by atoms with Gasteiger partial charge in [-0.15, -0.1) is 0 Å². The number of benzene rings is 1. The molecule has 1 atom stereocenters. The summed E-state index contributed by atoms with van der Waals surface area (Å²) in [5, 5.41) is 12.7. The molecule has 0 fully saturated rings. The molecule has 1 aliphatic rings. The lowest BCUT2D eigenvalue weighted by molar-refractivity contribution is 0.171. The van der Waals surface area contributed by atoms with Gasteiger partial charge in [0.15, 0.2) is 11.5 Å². The van der Waals surface area contributed by atoms with E-state index in [2.05, 4.69) is 5.32 Å². The molecule has 0 saturated carbocycles. The monoisotopic (exact) mass is 243 g/mol. The minimum atomic E-state index is -0.145. The second kappa shape index (κ2) is 4.91. The van der Waals surface area contributed by atoms with Crippen molar-refractivity contribution in [1.29, 1.82) is 0 Å². The van der Waals surface area contributed by atoms with Gasteiger partial charge in [-0.2, -0.15) is 0 Å². The summed E-state index contributed by atoms with van der Waals surface area (Å²) < 4.78 is 10.9. The van der Waals surface area contributed by atoms with E-state index in [-0.39, 0.29) is 12.6 Å². The Morgan fingerprint density at radius 1 is 1.44 bits per heavy atom. The molecule has 0 radical (unpaired) electrons. The molecule has 16 heavy (non-hydrogen) atoms. The lowest BCUT2D eigenvalue weighted by Gasteiger charge is -2.22. The standard InChI is InChI=1S/C11H14ClNO3/c1-13-9(6-14)7-4-8(12)11-10(5-7)15-2-3-16-11/h4-5,9,13-14H,2-3,6H2,1H3. The highest BCUT2D eigenvalue weighted by atomic mass is 35.5. The third-order valence-electron chi connectivity index (χ3n) is 2.55. The zero-order valence-electron chi connectivity index (χ0n) is 9.00. The van der Waals surface area contributed by atoms with Crippen LogP contribution in [0.1, 0.15) is 11.6 Å². The number of fused-ring (bicyclic) bond motifs is 1. The molecule has 2 rings (SSSR count). The van der Waals surface area contributed by atoms with Crippen LogP contribution >= 0.6 is 11.6 Å². The van der Waals surface area contributed by atoms with Crippen molar-refractivity contribution in [2.45, 2.75) is 6.04 Å². The number of likely N-dealkylation sites (N-methyl/N-ethyl adjacent to an activating group) is 1. The van der Waals surface area contributed by atoms with Gasteiger partial charge in [0.25, 0.3) is 0 Å². The second-order valence-electron chi connectivity index (χ2n) is 3.55. The highest BCUT2D eigenvalue weighted by Gasteiger charge is 2.19. The van der Waals surface area contributed by atoms with Crippen LogP contribution in [-0.4, -0.2) is 32.0 Å². The zero-order chi connectivity index (χ0) is 11.5. The first-order valence-corrected chi connectivity index (χ1v) is 5.51. The Bertz CT molecular complexity index is 380. The quantitative estimate of drug-likeness (QED) is 0.842. The van der Waals surface area contributed by atoms with E-state index < -0.39 is 0 Å². The van der Waals surface area contributed by atoms with E-state index in [9.17, 15) is 5.11 Å². The van der Waals surface area contributed by atoms with Crippen molar-refractivity contribution in [1.82, 2.24) is 5.32 Å². The van der Waals surface area contributed by atoms with Gasteiger partial charge in [-0.05, 0) is 24.7 Å². The molecule has 0 spiro atoms. The van der Waals surface area contributed by atoms with Crippen molar-refractivity contribution in [3.05, 3.63) is 22.7 Å². The van der Waals surface area contributed by atoms with Crippen molar-refractivity contribution in [2.75, 3.05) is 26.9 Å². The van der Waals surface area contributed by atoms with Gasteiger partial charge in [0.2, 0.25) is 0 Å². The average molecular weight is 244 g/mol. The van der Waals surface area contributed by atoms with Gasteiger partial charge in [-0.1, -0.05) is 11.6 Å². The summed E-state index contributed by atoms with van der Waals surface area (Å²) in [6, 6.07) is 3.48. The third-order valence-corrected chi connectivity index (χ3v) is 2.83. The summed E-state index contributed by atoms with van der Waals surface area (Å²) in [6.45, 7) is 1.05. The topological polar surface area (TPSA) is 50.7 Å². The minimum Gasteiger partial charge on any atom is -0.486 e. The first kappa shape index (κ1) is 11.5. The van der Waals surface area contributed by atoms with Crippen LogP contribution in [-0.2, 0) is 0 Å². The molecule has 1 aromatic rings. The maximum absolute atomic E-state index is 9.20. The lowest BCUT2D eigenvalue weighted by atomic mass is 10.1. The Labute approximate surface area is 99.1 Å². The normalized spacial score (nSPS) is 15.9. The number of hydrogen-bond acceptors (Lipinski definition) is 4. The average Bonchev–Trinajstić information content (AvgIpc) is 2.31. The highest BCUT2D eigenvalue weighted by molar-refractivity contribution is 6.32. The van der Waals surface area contributed by atoms with Crippen LogP contribution in [0.2, 0.25) is 5.02 Å². The smallest absolute Gasteiger partial charge is 0.179 e. The maximum atomic E-state index is 9.20. The van der Waals surface area contributed by atoms with E-state index in [0.717, 1.165) is 5.56 Å². The van der Waals surface area contributed by atoms with Gasteiger partial charge in [-0.25, -0.2) is 0 Å². The fourth-order valence-corrected chi connectivity index (χ4v) is 1.97. The molecule has 0 bridgehead atoms. The van der Waals surface area contributed by atoms with E-state index >= 15 is 0 Å². The molecular formula is C11H14ClNO3. The second-order valence-corrected chi connectivity index (χ2v) is 3.96. The zero-order valence-corrected chi connectivity index (χ0v) is 9.75. The molecule has 0 aromatic heterocycles. The summed E-state index contributed by atoms with van der Waals surface area (Å²) in [4.78, 5) is 0.